The van der Waals surface area contributed by atoms with E-state index in [9.17, 15) is 19.7 Å². The van der Waals surface area contributed by atoms with Crippen LogP contribution < -0.4 is 10.2 Å². The minimum absolute atomic E-state index is 0.0787. The highest BCUT2D eigenvalue weighted by Crippen LogP contribution is 2.42. The largest absolute Gasteiger partial charge is 0.369 e. The number of carbonyl (C=O) groups is 2. The highest BCUT2D eigenvalue weighted by Gasteiger charge is 2.58. The van der Waals surface area contributed by atoms with Crippen LogP contribution in [0.15, 0.2) is 24.3 Å². The number of piperazine rings is 1. The van der Waals surface area contributed by atoms with Crippen LogP contribution in [-0.4, -0.2) is 65.0 Å². The van der Waals surface area contributed by atoms with Crippen molar-refractivity contribution in [3.63, 3.8) is 0 Å². The number of hydrogen-bond donors (Lipinski definition) is 1. The van der Waals surface area contributed by atoms with Crippen molar-refractivity contribution < 1.29 is 14.5 Å². The summed E-state index contributed by atoms with van der Waals surface area (Å²) in [6, 6.07) is 6.28. The Kier molecular flexibility index (Phi) is 5.40. The summed E-state index contributed by atoms with van der Waals surface area (Å²) in [5.74, 6) is 0.202. The van der Waals surface area contributed by atoms with Crippen molar-refractivity contribution in [2.24, 2.45) is 11.8 Å². The van der Waals surface area contributed by atoms with Crippen molar-refractivity contribution in [3.05, 3.63) is 34.4 Å². The second kappa shape index (κ2) is 7.86. The zero-order chi connectivity index (χ0) is 21.5. The van der Waals surface area contributed by atoms with E-state index >= 15 is 0 Å². The lowest BCUT2D eigenvalue weighted by molar-refractivity contribution is -0.384. The minimum atomic E-state index is -0.754. The zero-order valence-electron chi connectivity index (χ0n) is 17.5. The molecule has 1 aromatic rings. The second-order valence-electron chi connectivity index (χ2n) is 8.79. The number of non-ortho nitro benzene ring substituents is 1. The van der Waals surface area contributed by atoms with Crippen molar-refractivity contribution in [3.8, 4) is 0 Å². The smallest absolute Gasteiger partial charge is 0.326 e. The first-order valence-corrected chi connectivity index (χ1v) is 10.7. The van der Waals surface area contributed by atoms with Gasteiger partial charge in [-0.15, -0.1) is 0 Å². The molecule has 1 spiro atoms. The van der Waals surface area contributed by atoms with Gasteiger partial charge in [-0.05, 0) is 36.8 Å². The van der Waals surface area contributed by atoms with E-state index in [2.05, 4.69) is 29.0 Å². The molecule has 2 saturated heterocycles. The fourth-order valence-corrected chi connectivity index (χ4v) is 5.21. The van der Waals surface area contributed by atoms with Gasteiger partial charge in [-0.1, -0.05) is 20.3 Å². The molecule has 3 amide bonds. The van der Waals surface area contributed by atoms with Gasteiger partial charge in [0.1, 0.15) is 5.54 Å². The number of carbonyl (C=O) groups excluding carboxylic acids is 2. The molecular formula is C21H29N5O4. The van der Waals surface area contributed by atoms with Crippen molar-refractivity contribution in [1.29, 1.82) is 0 Å². The summed E-state index contributed by atoms with van der Waals surface area (Å²) >= 11 is 0. The predicted molar refractivity (Wildman–Crippen MR) is 112 cm³/mol. The number of anilines is 1. The van der Waals surface area contributed by atoms with E-state index in [4.69, 9.17) is 0 Å². The van der Waals surface area contributed by atoms with E-state index in [0.717, 1.165) is 38.0 Å². The van der Waals surface area contributed by atoms with Crippen molar-refractivity contribution >= 4 is 23.3 Å². The van der Waals surface area contributed by atoms with Gasteiger partial charge >= 0.3 is 6.03 Å². The van der Waals surface area contributed by atoms with Gasteiger partial charge in [0.2, 0.25) is 0 Å². The summed E-state index contributed by atoms with van der Waals surface area (Å²) in [4.78, 5) is 42.1. The number of rotatable bonds is 4. The predicted octanol–water partition coefficient (Wildman–Crippen LogP) is 2.42. The highest BCUT2D eigenvalue weighted by atomic mass is 16.6. The van der Waals surface area contributed by atoms with E-state index in [0.29, 0.717) is 19.8 Å². The molecule has 162 valence electrons. The molecule has 9 heteroatoms. The maximum absolute atomic E-state index is 13.3. The van der Waals surface area contributed by atoms with Crippen molar-refractivity contribution in [2.75, 3.05) is 37.7 Å². The van der Waals surface area contributed by atoms with Gasteiger partial charge < -0.3 is 10.2 Å². The van der Waals surface area contributed by atoms with Gasteiger partial charge in [-0.2, -0.15) is 0 Å². The third-order valence-corrected chi connectivity index (χ3v) is 7.13. The Bertz CT molecular complexity index is 824. The fraction of sp³-hybridized carbons (Fsp3) is 0.619. The van der Waals surface area contributed by atoms with Crippen LogP contribution in [-0.2, 0) is 4.79 Å². The highest BCUT2D eigenvalue weighted by molar-refractivity contribution is 6.07. The molecule has 1 N–H and O–H groups in total. The lowest BCUT2D eigenvalue weighted by atomic mass is 9.67. The molecule has 2 heterocycles. The standard InChI is InChI=1S/C21H29N5O4/c1-15-4-3-5-16(2)21(15)19(27)25(20(28)22-21)14-23-10-12-24(13-11-23)17-6-8-18(9-7-17)26(29)30/h6-9,15-16H,3-5,10-14H2,1-2H3,(H,22,28). The van der Waals surface area contributed by atoms with Gasteiger partial charge in [0.15, 0.2) is 0 Å². The van der Waals surface area contributed by atoms with Gasteiger partial charge in [-0.3, -0.25) is 19.8 Å². The Balaban J connectivity index is 1.37. The molecule has 3 fully saturated rings. The number of nitro benzene ring substituents is 1. The molecule has 3 aliphatic rings. The Hall–Kier alpha value is -2.68. The Morgan fingerprint density at radius 2 is 1.67 bits per heavy atom. The van der Waals surface area contributed by atoms with Crippen LogP contribution in [0.25, 0.3) is 0 Å². The molecule has 0 bridgehead atoms. The molecule has 1 aliphatic carbocycles. The molecule has 4 rings (SSSR count). The van der Waals surface area contributed by atoms with Crippen molar-refractivity contribution in [1.82, 2.24) is 15.1 Å². The molecule has 0 aromatic heterocycles. The summed E-state index contributed by atoms with van der Waals surface area (Å²) in [7, 11) is 0. The number of nitrogens with zero attached hydrogens (tertiary/aromatic N) is 4. The molecule has 2 atom stereocenters. The molecule has 30 heavy (non-hydrogen) atoms. The van der Waals surface area contributed by atoms with E-state index in [1.54, 1.807) is 12.1 Å². The van der Waals surface area contributed by atoms with E-state index in [1.807, 2.05) is 0 Å². The van der Waals surface area contributed by atoms with Crippen LogP contribution in [0.1, 0.15) is 33.1 Å². The average Bonchev–Trinajstić information content (AvgIpc) is 2.98. The number of hydrogen-bond acceptors (Lipinski definition) is 6. The first-order chi connectivity index (χ1) is 14.3. The first kappa shape index (κ1) is 20.6. The van der Waals surface area contributed by atoms with Crippen molar-refractivity contribution in [2.45, 2.75) is 38.6 Å². The Morgan fingerprint density at radius 1 is 1.07 bits per heavy atom. The summed E-state index contributed by atoms with van der Waals surface area (Å²) in [6.07, 6.45) is 3.01. The summed E-state index contributed by atoms with van der Waals surface area (Å²) in [5.41, 5.74) is 0.269. The molecule has 1 saturated carbocycles. The minimum Gasteiger partial charge on any atom is -0.369 e. The maximum atomic E-state index is 13.3. The van der Waals surface area contributed by atoms with Gasteiger partial charge in [0, 0.05) is 44.0 Å². The number of amides is 3. The van der Waals surface area contributed by atoms with E-state index < -0.39 is 10.5 Å². The van der Waals surface area contributed by atoms with Gasteiger partial charge in [0.25, 0.3) is 11.6 Å². The molecular weight excluding hydrogens is 386 g/mol. The van der Waals surface area contributed by atoms with Crippen LogP contribution >= 0.6 is 0 Å². The summed E-state index contributed by atoms with van der Waals surface area (Å²) < 4.78 is 0. The first-order valence-electron chi connectivity index (χ1n) is 10.7. The van der Waals surface area contributed by atoms with Crippen LogP contribution in [0.2, 0.25) is 0 Å². The number of urea groups is 1. The number of benzene rings is 1. The fourth-order valence-electron chi connectivity index (χ4n) is 5.21. The molecule has 2 unspecified atom stereocenters. The monoisotopic (exact) mass is 415 g/mol. The van der Waals surface area contributed by atoms with E-state index in [1.165, 1.54) is 17.0 Å². The van der Waals surface area contributed by atoms with Crippen LogP contribution in [0.3, 0.4) is 0 Å². The molecule has 9 nitrogen and oxygen atoms in total. The summed E-state index contributed by atoms with van der Waals surface area (Å²) in [6.45, 7) is 7.34. The lowest BCUT2D eigenvalue weighted by Gasteiger charge is -2.42. The normalized spacial score (nSPS) is 30.1. The van der Waals surface area contributed by atoms with Crippen LogP contribution in [0, 0.1) is 22.0 Å². The quantitative estimate of drug-likeness (QED) is 0.461. The SMILES string of the molecule is CC1CCCC(C)C12NC(=O)N(CN1CCN(c3ccc([N+](=O)[O-])cc3)CC1)C2=O. The second-order valence-corrected chi connectivity index (χ2v) is 8.79. The topological polar surface area (TPSA) is 99.0 Å². The number of nitrogens with one attached hydrogen (secondary N) is 1. The maximum Gasteiger partial charge on any atom is 0.326 e. The van der Waals surface area contributed by atoms with Crippen LogP contribution in [0.4, 0.5) is 16.2 Å². The van der Waals surface area contributed by atoms with Crippen LogP contribution in [0.5, 0.6) is 0 Å². The lowest BCUT2D eigenvalue weighted by Crippen LogP contribution is -2.59. The molecule has 1 aromatic carbocycles. The van der Waals surface area contributed by atoms with E-state index in [-0.39, 0.29) is 29.5 Å². The Morgan fingerprint density at radius 3 is 2.23 bits per heavy atom. The third-order valence-electron chi connectivity index (χ3n) is 7.13. The number of nitro groups is 1. The van der Waals surface area contributed by atoms with Gasteiger partial charge in [-0.25, -0.2) is 9.69 Å². The average molecular weight is 415 g/mol. The molecule has 2 aliphatic heterocycles. The van der Waals surface area contributed by atoms with Gasteiger partial charge in [0.05, 0.1) is 11.6 Å². The third kappa shape index (κ3) is 3.40. The number of imide groups is 1. The Labute approximate surface area is 176 Å². The summed E-state index contributed by atoms with van der Waals surface area (Å²) in [5, 5.41) is 13.9. The zero-order valence-corrected chi connectivity index (χ0v) is 17.5. The molecule has 0 radical (unpaired) electrons.